The van der Waals surface area contributed by atoms with Crippen LogP contribution in [0.4, 0.5) is 0 Å². The Morgan fingerprint density at radius 1 is 1.21 bits per heavy atom. The number of rotatable bonds is 3. The smallest absolute Gasteiger partial charge is 0.164 e. The Morgan fingerprint density at radius 3 is 2.84 bits per heavy atom. The molecule has 2 rings (SSSR count). The standard InChI is InChI=1S/C17H25NO/c1-13-8-9-14(2)16(11-13)17(19)12-15-7-5-3-4-6-10-18-15/h8-9,11,15,18H,3-7,10,12H2,1-2H3. The zero-order chi connectivity index (χ0) is 13.7. The van der Waals surface area contributed by atoms with Crippen LogP contribution in [0.1, 0.15) is 60.0 Å². The molecule has 1 aromatic carbocycles. The van der Waals surface area contributed by atoms with Gasteiger partial charge in [0.1, 0.15) is 0 Å². The number of carbonyl (C=O) groups is 1. The van der Waals surface area contributed by atoms with E-state index in [4.69, 9.17) is 0 Å². The van der Waals surface area contributed by atoms with Crippen LogP contribution in [0.15, 0.2) is 18.2 Å². The van der Waals surface area contributed by atoms with Gasteiger partial charge in [-0.05, 0) is 44.9 Å². The fourth-order valence-electron chi connectivity index (χ4n) is 2.82. The average Bonchev–Trinajstić information content (AvgIpc) is 2.35. The molecule has 0 spiro atoms. The van der Waals surface area contributed by atoms with Crippen molar-refractivity contribution in [2.75, 3.05) is 6.54 Å². The van der Waals surface area contributed by atoms with Gasteiger partial charge in [-0.1, -0.05) is 37.0 Å². The summed E-state index contributed by atoms with van der Waals surface area (Å²) in [5, 5.41) is 3.54. The van der Waals surface area contributed by atoms with Crippen molar-refractivity contribution in [1.82, 2.24) is 5.32 Å². The van der Waals surface area contributed by atoms with Crippen LogP contribution >= 0.6 is 0 Å². The van der Waals surface area contributed by atoms with Crippen LogP contribution in [-0.2, 0) is 0 Å². The predicted octanol–water partition coefficient (Wildman–Crippen LogP) is 3.80. The number of hydrogen-bond acceptors (Lipinski definition) is 2. The Balaban J connectivity index is 2.00. The summed E-state index contributed by atoms with van der Waals surface area (Å²) in [4.78, 5) is 12.4. The van der Waals surface area contributed by atoms with E-state index in [0.717, 1.165) is 24.1 Å². The highest BCUT2D eigenvalue weighted by atomic mass is 16.1. The third-order valence-electron chi connectivity index (χ3n) is 4.04. The minimum atomic E-state index is 0.291. The van der Waals surface area contributed by atoms with Crippen molar-refractivity contribution >= 4 is 5.78 Å². The maximum absolute atomic E-state index is 12.4. The van der Waals surface area contributed by atoms with Crippen molar-refractivity contribution in [3.05, 3.63) is 34.9 Å². The van der Waals surface area contributed by atoms with E-state index in [-0.39, 0.29) is 0 Å². The first kappa shape index (κ1) is 14.3. The Bertz CT molecular complexity index is 431. The topological polar surface area (TPSA) is 29.1 Å². The van der Waals surface area contributed by atoms with Crippen molar-refractivity contribution in [2.24, 2.45) is 0 Å². The lowest BCUT2D eigenvalue weighted by atomic mass is 9.94. The lowest BCUT2D eigenvalue weighted by Gasteiger charge is -2.21. The molecule has 19 heavy (non-hydrogen) atoms. The molecule has 1 N–H and O–H groups in total. The molecule has 0 aromatic heterocycles. The van der Waals surface area contributed by atoms with E-state index in [9.17, 15) is 4.79 Å². The molecule has 1 atom stereocenters. The summed E-state index contributed by atoms with van der Waals surface area (Å²) in [5.74, 6) is 0.291. The lowest BCUT2D eigenvalue weighted by Crippen LogP contribution is -2.33. The Labute approximate surface area is 116 Å². The van der Waals surface area contributed by atoms with E-state index < -0.39 is 0 Å². The zero-order valence-electron chi connectivity index (χ0n) is 12.2. The number of benzene rings is 1. The van der Waals surface area contributed by atoms with Gasteiger partial charge in [-0.2, -0.15) is 0 Å². The molecule has 1 aromatic rings. The van der Waals surface area contributed by atoms with Crippen molar-refractivity contribution in [3.8, 4) is 0 Å². The van der Waals surface area contributed by atoms with Crippen LogP contribution in [0.2, 0.25) is 0 Å². The van der Waals surface area contributed by atoms with Crippen molar-refractivity contribution in [2.45, 2.75) is 58.4 Å². The van der Waals surface area contributed by atoms with Gasteiger partial charge in [-0.25, -0.2) is 0 Å². The molecular weight excluding hydrogens is 234 g/mol. The molecule has 0 bridgehead atoms. The fraction of sp³-hybridized carbons (Fsp3) is 0.588. The summed E-state index contributed by atoms with van der Waals surface area (Å²) in [5.41, 5.74) is 3.17. The highest BCUT2D eigenvalue weighted by Gasteiger charge is 2.17. The van der Waals surface area contributed by atoms with E-state index in [1.165, 1.54) is 31.2 Å². The number of hydrogen-bond donors (Lipinski definition) is 1. The number of Topliss-reactive ketones (excluding diaryl/α,β-unsaturated/α-hetero) is 1. The van der Waals surface area contributed by atoms with Crippen LogP contribution in [0.5, 0.6) is 0 Å². The first-order valence-corrected chi connectivity index (χ1v) is 7.50. The normalized spacial score (nSPS) is 20.6. The minimum Gasteiger partial charge on any atom is -0.314 e. The van der Waals surface area contributed by atoms with Crippen LogP contribution in [0, 0.1) is 13.8 Å². The molecule has 1 fully saturated rings. The highest BCUT2D eigenvalue weighted by molar-refractivity contribution is 5.97. The zero-order valence-corrected chi connectivity index (χ0v) is 12.2. The van der Waals surface area contributed by atoms with Crippen LogP contribution < -0.4 is 5.32 Å². The van der Waals surface area contributed by atoms with E-state index in [1.54, 1.807) is 0 Å². The minimum absolute atomic E-state index is 0.291. The number of nitrogens with one attached hydrogen (secondary N) is 1. The second-order valence-corrected chi connectivity index (χ2v) is 5.80. The fourth-order valence-corrected chi connectivity index (χ4v) is 2.82. The van der Waals surface area contributed by atoms with Gasteiger partial charge in [0, 0.05) is 18.0 Å². The van der Waals surface area contributed by atoms with Gasteiger partial charge in [0.05, 0.1) is 0 Å². The number of aryl methyl sites for hydroxylation is 2. The van der Waals surface area contributed by atoms with Gasteiger partial charge in [0.2, 0.25) is 0 Å². The summed E-state index contributed by atoms with van der Waals surface area (Å²) in [6.07, 6.45) is 6.91. The molecule has 2 heteroatoms. The molecular formula is C17H25NO. The third-order valence-corrected chi connectivity index (χ3v) is 4.04. The monoisotopic (exact) mass is 259 g/mol. The van der Waals surface area contributed by atoms with Crippen molar-refractivity contribution in [1.29, 1.82) is 0 Å². The molecule has 1 aliphatic rings. The van der Waals surface area contributed by atoms with Gasteiger partial charge in [-0.3, -0.25) is 4.79 Å². The number of ketones is 1. The molecule has 104 valence electrons. The molecule has 0 amide bonds. The van der Waals surface area contributed by atoms with Crippen LogP contribution in [0.3, 0.4) is 0 Å². The van der Waals surface area contributed by atoms with E-state index in [1.807, 2.05) is 26.0 Å². The molecule has 0 aliphatic carbocycles. The molecule has 1 heterocycles. The second-order valence-electron chi connectivity index (χ2n) is 5.80. The number of carbonyl (C=O) groups excluding carboxylic acids is 1. The third kappa shape index (κ3) is 4.17. The first-order chi connectivity index (χ1) is 9.16. The van der Waals surface area contributed by atoms with Crippen molar-refractivity contribution in [3.63, 3.8) is 0 Å². The molecule has 1 aliphatic heterocycles. The van der Waals surface area contributed by atoms with Gasteiger partial charge in [0.15, 0.2) is 5.78 Å². The SMILES string of the molecule is Cc1ccc(C)c(C(=O)CC2CCCCCCN2)c1. The Kier molecular flexibility index (Phi) is 5.15. The summed E-state index contributed by atoms with van der Waals surface area (Å²) in [7, 11) is 0. The molecule has 1 saturated heterocycles. The highest BCUT2D eigenvalue weighted by Crippen LogP contribution is 2.17. The average molecular weight is 259 g/mol. The van der Waals surface area contributed by atoms with E-state index in [0.29, 0.717) is 18.2 Å². The molecule has 0 radical (unpaired) electrons. The first-order valence-electron chi connectivity index (χ1n) is 7.50. The van der Waals surface area contributed by atoms with E-state index >= 15 is 0 Å². The van der Waals surface area contributed by atoms with Gasteiger partial charge >= 0.3 is 0 Å². The maximum Gasteiger partial charge on any atom is 0.164 e. The second kappa shape index (κ2) is 6.85. The largest absolute Gasteiger partial charge is 0.314 e. The van der Waals surface area contributed by atoms with E-state index in [2.05, 4.69) is 11.4 Å². The molecule has 2 nitrogen and oxygen atoms in total. The lowest BCUT2D eigenvalue weighted by molar-refractivity contribution is 0.0965. The Morgan fingerprint density at radius 2 is 2.00 bits per heavy atom. The summed E-state index contributed by atoms with van der Waals surface area (Å²) >= 11 is 0. The summed E-state index contributed by atoms with van der Waals surface area (Å²) in [6.45, 7) is 5.13. The van der Waals surface area contributed by atoms with Crippen molar-refractivity contribution < 1.29 is 4.79 Å². The maximum atomic E-state index is 12.4. The quantitative estimate of drug-likeness (QED) is 0.837. The molecule has 0 saturated carbocycles. The van der Waals surface area contributed by atoms with Gasteiger partial charge in [-0.15, -0.1) is 0 Å². The summed E-state index contributed by atoms with van der Waals surface area (Å²) < 4.78 is 0. The van der Waals surface area contributed by atoms with Gasteiger partial charge in [0.25, 0.3) is 0 Å². The van der Waals surface area contributed by atoms with Crippen LogP contribution in [0.25, 0.3) is 0 Å². The Hall–Kier alpha value is -1.15. The van der Waals surface area contributed by atoms with Gasteiger partial charge < -0.3 is 5.32 Å². The summed E-state index contributed by atoms with van der Waals surface area (Å²) in [6, 6.07) is 6.52. The van der Waals surface area contributed by atoms with Crippen LogP contribution in [-0.4, -0.2) is 18.4 Å². The predicted molar refractivity (Wildman–Crippen MR) is 79.7 cm³/mol. The molecule has 1 unspecified atom stereocenters.